The molecule has 1 N–H and O–H groups in total. The number of nitrogens with one attached hydrogen (secondary N) is 1. The molecule has 0 aliphatic rings. The van der Waals surface area contributed by atoms with E-state index in [4.69, 9.17) is 4.98 Å². The lowest BCUT2D eigenvalue weighted by Gasteiger charge is -2.12. The second-order valence-corrected chi connectivity index (χ2v) is 6.22. The fourth-order valence-electron chi connectivity index (χ4n) is 2.21. The van der Waals surface area contributed by atoms with Crippen molar-refractivity contribution >= 4 is 17.3 Å². The average Bonchev–Trinajstić information content (AvgIpc) is 3.09. The third kappa shape index (κ3) is 3.91. The second kappa shape index (κ2) is 7.30. The number of thiophene rings is 1. The Balaban J connectivity index is 1.95. The van der Waals surface area contributed by atoms with Crippen molar-refractivity contribution < 1.29 is 0 Å². The van der Waals surface area contributed by atoms with E-state index < -0.39 is 0 Å². The van der Waals surface area contributed by atoms with Gasteiger partial charge < -0.3 is 10.2 Å². The summed E-state index contributed by atoms with van der Waals surface area (Å²) in [5, 5.41) is 7.45. The molecule has 5 nitrogen and oxygen atoms in total. The summed E-state index contributed by atoms with van der Waals surface area (Å²) >= 11 is 1.67. The van der Waals surface area contributed by atoms with E-state index in [9.17, 15) is 0 Å². The first-order chi connectivity index (χ1) is 11.2. The third-order valence-corrected chi connectivity index (χ3v) is 4.08. The van der Waals surface area contributed by atoms with Crippen molar-refractivity contribution in [2.75, 3.05) is 32.5 Å². The molecule has 6 heteroatoms. The average molecular weight is 325 g/mol. The number of hydrogen-bond acceptors (Lipinski definition) is 6. The number of pyridine rings is 1. The van der Waals surface area contributed by atoms with E-state index in [2.05, 4.69) is 37.0 Å². The van der Waals surface area contributed by atoms with Crippen LogP contribution in [-0.4, -0.2) is 47.0 Å². The van der Waals surface area contributed by atoms with E-state index in [1.165, 1.54) is 0 Å². The zero-order valence-corrected chi connectivity index (χ0v) is 14.0. The summed E-state index contributed by atoms with van der Waals surface area (Å²) in [4.78, 5) is 15.5. The van der Waals surface area contributed by atoms with Crippen LogP contribution in [0.2, 0.25) is 0 Å². The van der Waals surface area contributed by atoms with Crippen LogP contribution >= 0.6 is 11.3 Å². The van der Waals surface area contributed by atoms with Crippen molar-refractivity contribution in [3.8, 4) is 22.4 Å². The minimum absolute atomic E-state index is 0.643. The fourth-order valence-corrected chi connectivity index (χ4v) is 2.87. The minimum atomic E-state index is 0.643. The highest BCUT2D eigenvalue weighted by molar-refractivity contribution is 7.08. The van der Waals surface area contributed by atoms with Crippen molar-refractivity contribution in [1.29, 1.82) is 0 Å². The first-order valence-corrected chi connectivity index (χ1v) is 8.37. The van der Waals surface area contributed by atoms with Gasteiger partial charge in [0.25, 0.3) is 0 Å². The van der Waals surface area contributed by atoms with E-state index in [-0.39, 0.29) is 0 Å². The Labute approximate surface area is 140 Å². The molecule has 0 bridgehead atoms. The normalized spacial score (nSPS) is 10.9. The van der Waals surface area contributed by atoms with Crippen LogP contribution in [-0.2, 0) is 0 Å². The maximum Gasteiger partial charge on any atom is 0.223 e. The maximum atomic E-state index is 4.72. The molecule has 0 fully saturated rings. The lowest BCUT2D eigenvalue weighted by Crippen LogP contribution is -2.21. The molecule has 0 spiro atoms. The van der Waals surface area contributed by atoms with E-state index in [1.54, 1.807) is 17.5 Å². The van der Waals surface area contributed by atoms with Crippen LogP contribution < -0.4 is 5.32 Å². The summed E-state index contributed by atoms with van der Waals surface area (Å²) in [6.07, 6.45) is 5.49. The fraction of sp³-hybridized carbons (Fsp3) is 0.235. The molecule has 0 aromatic carbocycles. The molecule has 3 aromatic rings. The van der Waals surface area contributed by atoms with Gasteiger partial charge in [0, 0.05) is 42.8 Å². The molecule has 23 heavy (non-hydrogen) atoms. The predicted molar refractivity (Wildman–Crippen MR) is 95.6 cm³/mol. The largest absolute Gasteiger partial charge is 0.353 e. The van der Waals surface area contributed by atoms with Crippen LogP contribution in [0, 0.1) is 0 Å². The zero-order chi connectivity index (χ0) is 16.1. The number of aromatic nitrogens is 3. The van der Waals surface area contributed by atoms with Gasteiger partial charge >= 0.3 is 0 Å². The molecule has 3 rings (SSSR count). The van der Waals surface area contributed by atoms with Crippen molar-refractivity contribution in [1.82, 2.24) is 19.9 Å². The topological polar surface area (TPSA) is 53.9 Å². The number of hydrogen-bond donors (Lipinski definition) is 1. The Hall–Kier alpha value is -2.31. The van der Waals surface area contributed by atoms with Gasteiger partial charge in [-0.2, -0.15) is 11.3 Å². The highest BCUT2D eigenvalue weighted by Gasteiger charge is 2.12. The van der Waals surface area contributed by atoms with Gasteiger partial charge in [-0.3, -0.25) is 4.98 Å². The van der Waals surface area contributed by atoms with Crippen molar-refractivity contribution in [2.45, 2.75) is 0 Å². The number of anilines is 1. The number of rotatable bonds is 6. The molecule has 0 atom stereocenters. The molecule has 0 saturated heterocycles. The van der Waals surface area contributed by atoms with Gasteiger partial charge in [0.05, 0.1) is 5.69 Å². The first-order valence-electron chi connectivity index (χ1n) is 7.42. The standard InChI is InChI=1S/C17H19N5S/c1-22(2)8-7-19-17-20-11-15(14-5-9-23-12-14)16(21-17)13-4-3-6-18-10-13/h3-6,9-12H,7-8H2,1-2H3,(H,19,20,21). The quantitative estimate of drug-likeness (QED) is 0.754. The Morgan fingerprint density at radius 2 is 2.09 bits per heavy atom. The summed E-state index contributed by atoms with van der Waals surface area (Å²) in [6.45, 7) is 1.73. The third-order valence-electron chi connectivity index (χ3n) is 3.40. The minimum Gasteiger partial charge on any atom is -0.353 e. The van der Waals surface area contributed by atoms with Crippen molar-refractivity contribution in [2.24, 2.45) is 0 Å². The maximum absolute atomic E-state index is 4.72. The zero-order valence-electron chi connectivity index (χ0n) is 13.2. The van der Waals surface area contributed by atoms with Gasteiger partial charge in [0.15, 0.2) is 0 Å². The summed E-state index contributed by atoms with van der Waals surface area (Å²) < 4.78 is 0. The van der Waals surface area contributed by atoms with Crippen LogP contribution in [0.5, 0.6) is 0 Å². The molecule has 3 heterocycles. The van der Waals surface area contributed by atoms with E-state index in [1.807, 2.05) is 38.6 Å². The van der Waals surface area contributed by atoms with Crippen LogP contribution in [0.15, 0.2) is 47.5 Å². The van der Waals surface area contributed by atoms with Crippen LogP contribution in [0.25, 0.3) is 22.4 Å². The molecule has 0 unspecified atom stereocenters. The van der Waals surface area contributed by atoms with Gasteiger partial charge in [0.1, 0.15) is 0 Å². The van der Waals surface area contributed by atoms with Crippen molar-refractivity contribution in [3.05, 3.63) is 47.5 Å². The monoisotopic (exact) mass is 325 g/mol. The number of nitrogens with zero attached hydrogens (tertiary/aromatic N) is 4. The summed E-state index contributed by atoms with van der Waals surface area (Å²) in [6, 6.07) is 6.03. The summed E-state index contributed by atoms with van der Waals surface area (Å²) in [5.41, 5.74) is 4.05. The molecular formula is C17H19N5S. The lowest BCUT2D eigenvalue weighted by molar-refractivity contribution is 0.425. The summed E-state index contributed by atoms with van der Waals surface area (Å²) in [7, 11) is 4.09. The first kappa shape index (κ1) is 15.6. The van der Waals surface area contributed by atoms with E-state index >= 15 is 0 Å². The molecule has 0 aliphatic heterocycles. The Bertz CT molecular complexity index is 741. The van der Waals surface area contributed by atoms with Gasteiger partial charge in [-0.1, -0.05) is 0 Å². The van der Waals surface area contributed by atoms with Gasteiger partial charge in [-0.15, -0.1) is 0 Å². The Morgan fingerprint density at radius 1 is 1.17 bits per heavy atom. The van der Waals surface area contributed by atoms with Crippen LogP contribution in [0.1, 0.15) is 0 Å². The van der Waals surface area contributed by atoms with Gasteiger partial charge in [-0.25, -0.2) is 9.97 Å². The Morgan fingerprint density at radius 3 is 2.78 bits per heavy atom. The highest BCUT2D eigenvalue weighted by atomic mass is 32.1. The van der Waals surface area contributed by atoms with Crippen molar-refractivity contribution in [3.63, 3.8) is 0 Å². The molecule has 0 radical (unpaired) electrons. The molecule has 118 valence electrons. The molecule has 0 amide bonds. The molecule has 0 saturated carbocycles. The smallest absolute Gasteiger partial charge is 0.223 e. The van der Waals surface area contributed by atoms with E-state index in [0.29, 0.717) is 5.95 Å². The SMILES string of the molecule is CN(C)CCNc1ncc(-c2ccsc2)c(-c2cccnc2)n1. The van der Waals surface area contributed by atoms with Gasteiger partial charge in [-0.05, 0) is 48.6 Å². The lowest BCUT2D eigenvalue weighted by atomic mass is 10.0. The predicted octanol–water partition coefficient (Wildman–Crippen LogP) is 3.24. The Kier molecular flexibility index (Phi) is 4.95. The van der Waals surface area contributed by atoms with Crippen LogP contribution in [0.3, 0.4) is 0 Å². The second-order valence-electron chi connectivity index (χ2n) is 5.44. The molecule has 0 aliphatic carbocycles. The van der Waals surface area contributed by atoms with Crippen LogP contribution in [0.4, 0.5) is 5.95 Å². The molecular weight excluding hydrogens is 306 g/mol. The molecule has 3 aromatic heterocycles. The highest BCUT2D eigenvalue weighted by Crippen LogP contribution is 2.31. The summed E-state index contributed by atoms with van der Waals surface area (Å²) in [5.74, 6) is 0.643. The van der Waals surface area contributed by atoms with E-state index in [0.717, 1.165) is 35.5 Å². The number of likely N-dealkylation sites (N-methyl/N-ethyl adjacent to an activating group) is 1. The van der Waals surface area contributed by atoms with Gasteiger partial charge in [0.2, 0.25) is 5.95 Å².